The molecule has 3 N–H and O–H groups in total. The lowest BCUT2D eigenvalue weighted by molar-refractivity contribution is 0.0696. The predicted molar refractivity (Wildman–Crippen MR) is 86.0 cm³/mol. The van der Waals surface area contributed by atoms with Crippen molar-refractivity contribution in [2.45, 2.75) is 6.42 Å². The third-order valence-electron chi connectivity index (χ3n) is 2.64. The number of benzene rings is 1. The van der Waals surface area contributed by atoms with Gasteiger partial charge in [-0.15, -0.1) is 6.58 Å². The molecule has 6 heteroatoms. The zero-order chi connectivity index (χ0) is 15.5. The minimum Gasteiger partial charge on any atom is -0.478 e. The Labute approximate surface area is 128 Å². The molecule has 0 fully saturated rings. The van der Waals surface area contributed by atoms with Gasteiger partial charge in [-0.1, -0.05) is 18.2 Å². The van der Waals surface area contributed by atoms with E-state index in [0.29, 0.717) is 19.5 Å². The number of carbonyl (C=O) groups excluding carboxylic acids is 1. The molecule has 21 heavy (non-hydrogen) atoms. The van der Waals surface area contributed by atoms with E-state index in [1.165, 1.54) is 0 Å². The molecule has 0 aromatic heterocycles. The van der Waals surface area contributed by atoms with Crippen molar-refractivity contribution in [1.29, 1.82) is 0 Å². The van der Waals surface area contributed by atoms with Gasteiger partial charge in [-0.3, -0.25) is 0 Å². The van der Waals surface area contributed by atoms with Crippen LogP contribution in [0.2, 0.25) is 0 Å². The number of aromatic carboxylic acids is 1. The fourth-order valence-electron chi connectivity index (χ4n) is 1.65. The Balaban J connectivity index is 2.20. The molecule has 0 bridgehead atoms. The van der Waals surface area contributed by atoms with Crippen LogP contribution in [0.4, 0.5) is 4.79 Å². The topological polar surface area (TPSA) is 78.4 Å². The van der Waals surface area contributed by atoms with Crippen LogP contribution in [0, 0.1) is 0 Å². The Morgan fingerprint density at radius 1 is 1.29 bits per heavy atom. The van der Waals surface area contributed by atoms with Crippen LogP contribution < -0.4 is 10.6 Å². The van der Waals surface area contributed by atoms with E-state index in [1.54, 1.807) is 30.0 Å². The van der Waals surface area contributed by atoms with Crippen LogP contribution in [-0.4, -0.2) is 41.7 Å². The molecular weight excluding hydrogens is 288 g/mol. The van der Waals surface area contributed by atoms with Gasteiger partial charge in [0.05, 0.1) is 5.56 Å². The SMILES string of the molecule is C=CCSCCNC(=O)NCCc1cccc(C(=O)O)c1. The molecule has 1 rings (SSSR count). The van der Waals surface area contributed by atoms with Crippen LogP contribution in [-0.2, 0) is 6.42 Å². The molecule has 0 aliphatic carbocycles. The van der Waals surface area contributed by atoms with Gasteiger partial charge in [-0.2, -0.15) is 11.8 Å². The minimum atomic E-state index is -0.945. The molecule has 0 saturated heterocycles. The summed E-state index contributed by atoms with van der Waals surface area (Å²) in [4.78, 5) is 22.3. The number of rotatable bonds is 9. The molecule has 0 aliphatic rings. The molecule has 0 aliphatic heterocycles. The average Bonchev–Trinajstić information content (AvgIpc) is 2.47. The van der Waals surface area contributed by atoms with E-state index in [0.717, 1.165) is 17.1 Å². The number of thioether (sulfide) groups is 1. The quantitative estimate of drug-likeness (QED) is 0.482. The first kappa shape index (κ1) is 17.1. The zero-order valence-electron chi connectivity index (χ0n) is 11.8. The molecular formula is C15H20N2O3S. The summed E-state index contributed by atoms with van der Waals surface area (Å²) >= 11 is 1.70. The van der Waals surface area contributed by atoms with Crippen LogP contribution in [0.3, 0.4) is 0 Å². The third-order valence-corrected chi connectivity index (χ3v) is 3.61. The van der Waals surface area contributed by atoms with E-state index in [1.807, 2.05) is 12.1 Å². The number of carboxylic acid groups (broad SMARTS) is 1. The number of amides is 2. The van der Waals surface area contributed by atoms with E-state index >= 15 is 0 Å². The fraction of sp³-hybridized carbons (Fsp3) is 0.333. The lowest BCUT2D eigenvalue weighted by atomic mass is 10.1. The maximum atomic E-state index is 11.5. The molecule has 114 valence electrons. The molecule has 1 aromatic rings. The maximum Gasteiger partial charge on any atom is 0.335 e. The van der Waals surface area contributed by atoms with Gasteiger partial charge >= 0.3 is 12.0 Å². The second-order valence-electron chi connectivity index (χ2n) is 4.30. The standard InChI is InChI=1S/C15H20N2O3S/c1-2-9-21-10-8-17-15(20)16-7-6-12-4-3-5-13(11-12)14(18)19/h2-5,11H,1,6-10H2,(H,18,19)(H2,16,17,20). The Morgan fingerprint density at radius 3 is 2.76 bits per heavy atom. The molecule has 2 amide bonds. The fourth-order valence-corrected chi connectivity index (χ4v) is 2.23. The predicted octanol–water partition coefficient (Wildman–Crippen LogP) is 2.15. The van der Waals surface area contributed by atoms with E-state index in [2.05, 4.69) is 17.2 Å². The molecule has 0 saturated carbocycles. The zero-order valence-corrected chi connectivity index (χ0v) is 12.6. The van der Waals surface area contributed by atoms with Crippen molar-refractivity contribution < 1.29 is 14.7 Å². The van der Waals surface area contributed by atoms with Gasteiger partial charge in [0.15, 0.2) is 0 Å². The monoisotopic (exact) mass is 308 g/mol. The smallest absolute Gasteiger partial charge is 0.335 e. The summed E-state index contributed by atoms with van der Waals surface area (Å²) in [6, 6.07) is 6.51. The van der Waals surface area contributed by atoms with E-state index in [4.69, 9.17) is 5.11 Å². The Hall–Kier alpha value is -1.95. The molecule has 1 aromatic carbocycles. The highest BCUT2D eigenvalue weighted by Crippen LogP contribution is 2.05. The normalized spacial score (nSPS) is 9.90. The number of hydrogen-bond donors (Lipinski definition) is 3. The Morgan fingerprint density at radius 2 is 2.05 bits per heavy atom. The van der Waals surface area contributed by atoms with Crippen molar-refractivity contribution in [3.05, 3.63) is 48.0 Å². The summed E-state index contributed by atoms with van der Waals surface area (Å²) in [6.45, 7) is 4.70. The molecule has 0 atom stereocenters. The highest BCUT2D eigenvalue weighted by atomic mass is 32.2. The van der Waals surface area contributed by atoms with Crippen LogP contribution in [0.25, 0.3) is 0 Å². The first-order chi connectivity index (χ1) is 10.1. The third kappa shape index (κ3) is 7.41. The number of nitrogens with one attached hydrogen (secondary N) is 2. The largest absolute Gasteiger partial charge is 0.478 e. The van der Waals surface area contributed by atoms with Gasteiger partial charge in [-0.25, -0.2) is 9.59 Å². The lowest BCUT2D eigenvalue weighted by Gasteiger charge is -2.07. The molecule has 0 heterocycles. The second-order valence-corrected chi connectivity index (χ2v) is 5.45. The van der Waals surface area contributed by atoms with E-state index in [9.17, 15) is 9.59 Å². The van der Waals surface area contributed by atoms with E-state index < -0.39 is 5.97 Å². The summed E-state index contributed by atoms with van der Waals surface area (Å²) in [5, 5.41) is 14.4. The van der Waals surface area contributed by atoms with Gasteiger partial charge in [-0.05, 0) is 24.1 Å². The van der Waals surface area contributed by atoms with Gasteiger partial charge in [0, 0.05) is 24.6 Å². The maximum absolute atomic E-state index is 11.5. The van der Waals surface area contributed by atoms with Crippen molar-refractivity contribution in [2.24, 2.45) is 0 Å². The highest BCUT2D eigenvalue weighted by Gasteiger charge is 2.04. The Kier molecular flexibility index (Phi) is 8.04. The van der Waals surface area contributed by atoms with Crippen molar-refractivity contribution >= 4 is 23.8 Å². The number of carboxylic acids is 1. The molecule has 5 nitrogen and oxygen atoms in total. The number of hydrogen-bond acceptors (Lipinski definition) is 3. The van der Waals surface area contributed by atoms with Gasteiger partial charge in [0.25, 0.3) is 0 Å². The number of carbonyl (C=O) groups is 2. The average molecular weight is 308 g/mol. The molecule has 0 radical (unpaired) electrons. The van der Waals surface area contributed by atoms with Crippen molar-refractivity contribution in [2.75, 3.05) is 24.6 Å². The Bertz CT molecular complexity index is 492. The second kappa shape index (κ2) is 9.88. The summed E-state index contributed by atoms with van der Waals surface area (Å²) in [6.07, 6.45) is 2.43. The summed E-state index contributed by atoms with van der Waals surface area (Å²) < 4.78 is 0. The molecule has 0 spiro atoms. The minimum absolute atomic E-state index is 0.205. The van der Waals surface area contributed by atoms with Gasteiger partial charge < -0.3 is 15.7 Å². The molecule has 0 unspecified atom stereocenters. The van der Waals surface area contributed by atoms with Crippen molar-refractivity contribution in [3.8, 4) is 0 Å². The highest BCUT2D eigenvalue weighted by molar-refractivity contribution is 7.99. The summed E-state index contributed by atoms with van der Waals surface area (Å²) in [5.74, 6) is 0.781. The summed E-state index contributed by atoms with van der Waals surface area (Å²) in [7, 11) is 0. The lowest BCUT2D eigenvalue weighted by Crippen LogP contribution is -2.37. The van der Waals surface area contributed by atoms with Gasteiger partial charge in [0.1, 0.15) is 0 Å². The summed E-state index contributed by atoms with van der Waals surface area (Å²) in [5.41, 5.74) is 1.15. The van der Waals surface area contributed by atoms with E-state index in [-0.39, 0.29) is 11.6 Å². The van der Waals surface area contributed by atoms with Crippen LogP contribution in [0.15, 0.2) is 36.9 Å². The van der Waals surface area contributed by atoms with Gasteiger partial charge in [0.2, 0.25) is 0 Å². The van der Waals surface area contributed by atoms with Crippen LogP contribution in [0.1, 0.15) is 15.9 Å². The number of urea groups is 1. The van der Waals surface area contributed by atoms with Crippen molar-refractivity contribution in [1.82, 2.24) is 10.6 Å². The van der Waals surface area contributed by atoms with Crippen LogP contribution >= 0.6 is 11.8 Å². The first-order valence-electron chi connectivity index (χ1n) is 6.66. The first-order valence-corrected chi connectivity index (χ1v) is 7.81. The van der Waals surface area contributed by atoms with Crippen molar-refractivity contribution in [3.63, 3.8) is 0 Å². The van der Waals surface area contributed by atoms with Crippen LogP contribution in [0.5, 0.6) is 0 Å².